The van der Waals surface area contributed by atoms with Gasteiger partial charge in [0.1, 0.15) is 12.3 Å². The number of nitrogens with one attached hydrogen (secondary N) is 2. The molecule has 0 radical (unpaired) electrons. The van der Waals surface area contributed by atoms with Gasteiger partial charge in [0.25, 0.3) is 21.8 Å². The Bertz CT molecular complexity index is 1520. The molecule has 1 saturated heterocycles. The van der Waals surface area contributed by atoms with Crippen LogP contribution < -0.4 is 19.8 Å². The molecule has 2 amide bonds. The van der Waals surface area contributed by atoms with Gasteiger partial charge in [-0.3, -0.25) is 13.9 Å². The Balaban J connectivity index is 1.35. The summed E-state index contributed by atoms with van der Waals surface area (Å²) >= 11 is 6.27. The van der Waals surface area contributed by atoms with Crippen LogP contribution in [-0.4, -0.2) is 58.9 Å². The Kier molecular flexibility index (Phi) is 10.6. The summed E-state index contributed by atoms with van der Waals surface area (Å²) in [5, 5.41) is 7.15. The smallest absolute Gasteiger partial charge is 0.264 e. The quantitative estimate of drug-likeness (QED) is 0.235. The number of carbonyl (C=O) groups excluding carboxylic acids is 2. The minimum Gasteiger partial charge on any atom is -0.484 e. The summed E-state index contributed by atoms with van der Waals surface area (Å²) in [4.78, 5) is 24.9. The maximum atomic E-state index is 13.6. The third-order valence-corrected chi connectivity index (χ3v) is 8.79. The number of ether oxygens (including phenoxy) is 2. The molecule has 3 aromatic rings. The number of amides is 2. The fraction of sp³-hybridized carbons (Fsp3) is 0.300. The van der Waals surface area contributed by atoms with Crippen molar-refractivity contribution in [2.75, 3.05) is 30.6 Å². The van der Waals surface area contributed by atoms with Crippen molar-refractivity contribution in [1.29, 1.82) is 0 Å². The van der Waals surface area contributed by atoms with E-state index >= 15 is 0 Å². The Labute approximate surface area is 250 Å². The van der Waals surface area contributed by atoms with Gasteiger partial charge in [-0.25, -0.2) is 13.8 Å². The number of anilines is 1. The van der Waals surface area contributed by atoms with Crippen molar-refractivity contribution in [3.8, 4) is 5.75 Å². The van der Waals surface area contributed by atoms with Gasteiger partial charge in [-0.05, 0) is 86.3 Å². The summed E-state index contributed by atoms with van der Waals surface area (Å²) in [5.41, 5.74) is 4.76. The number of hydrogen-bond acceptors (Lipinski definition) is 7. The molecule has 1 atom stereocenters. The molecule has 0 unspecified atom stereocenters. The zero-order valence-corrected chi connectivity index (χ0v) is 25.0. The summed E-state index contributed by atoms with van der Waals surface area (Å²) in [6.45, 7) is 4.11. The highest BCUT2D eigenvalue weighted by atomic mass is 35.5. The van der Waals surface area contributed by atoms with E-state index in [1.165, 1.54) is 18.3 Å². The average Bonchev–Trinajstić information content (AvgIpc) is 3.50. The molecular formula is C30H33ClN4O6S. The Morgan fingerprint density at radius 3 is 2.50 bits per heavy atom. The monoisotopic (exact) mass is 612 g/mol. The summed E-state index contributed by atoms with van der Waals surface area (Å²) in [7, 11) is -4.09. The number of sulfonamides is 1. The van der Waals surface area contributed by atoms with E-state index in [1.54, 1.807) is 61.5 Å². The first-order chi connectivity index (χ1) is 20.1. The molecule has 0 saturated carbocycles. The molecule has 222 valence electrons. The highest BCUT2D eigenvalue weighted by Crippen LogP contribution is 2.30. The first-order valence-corrected chi connectivity index (χ1v) is 15.2. The number of halogens is 1. The van der Waals surface area contributed by atoms with Crippen molar-refractivity contribution in [3.05, 3.63) is 88.4 Å². The second kappa shape index (κ2) is 14.3. The predicted octanol–water partition coefficient (Wildman–Crippen LogP) is 3.98. The molecule has 2 N–H and O–H groups in total. The topological polar surface area (TPSA) is 126 Å². The molecule has 12 heteroatoms. The van der Waals surface area contributed by atoms with Crippen molar-refractivity contribution >= 4 is 45.3 Å². The molecule has 0 bridgehead atoms. The molecule has 1 aliphatic heterocycles. The van der Waals surface area contributed by atoms with Gasteiger partial charge < -0.3 is 14.8 Å². The van der Waals surface area contributed by atoms with Gasteiger partial charge >= 0.3 is 0 Å². The van der Waals surface area contributed by atoms with Crippen molar-refractivity contribution in [2.24, 2.45) is 5.10 Å². The molecule has 0 spiro atoms. The molecule has 1 fully saturated rings. The number of rotatable bonds is 12. The van der Waals surface area contributed by atoms with E-state index in [2.05, 4.69) is 15.8 Å². The van der Waals surface area contributed by atoms with Crippen molar-refractivity contribution in [3.63, 3.8) is 0 Å². The molecule has 0 aromatic heterocycles. The summed E-state index contributed by atoms with van der Waals surface area (Å²) in [6.07, 6.45) is 3.43. The van der Waals surface area contributed by atoms with Gasteiger partial charge in [-0.2, -0.15) is 5.10 Å². The van der Waals surface area contributed by atoms with Gasteiger partial charge in [-0.15, -0.1) is 0 Å². The molecule has 1 heterocycles. The SMILES string of the molecule is Cc1ccc(S(=O)(=O)N(CC(=O)N/N=C\c2ccc(OCC(=O)NC[C@H]3CCCO3)cc2)c2cccc(Cl)c2C)cc1. The Hall–Kier alpha value is -3.93. The van der Waals surface area contributed by atoms with E-state index in [1.807, 2.05) is 6.92 Å². The molecule has 0 aliphatic carbocycles. The van der Waals surface area contributed by atoms with E-state index in [9.17, 15) is 18.0 Å². The number of carbonyl (C=O) groups is 2. The normalized spacial score (nSPS) is 15.0. The van der Waals surface area contributed by atoms with E-state index in [0.29, 0.717) is 34.1 Å². The van der Waals surface area contributed by atoms with Gasteiger partial charge in [0.15, 0.2) is 6.61 Å². The van der Waals surface area contributed by atoms with Crippen LogP contribution in [-0.2, 0) is 24.3 Å². The number of hydrogen-bond donors (Lipinski definition) is 2. The van der Waals surface area contributed by atoms with E-state index in [0.717, 1.165) is 29.3 Å². The van der Waals surface area contributed by atoms with Crippen LogP contribution in [0.15, 0.2) is 76.7 Å². The lowest BCUT2D eigenvalue weighted by Gasteiger charge is -2.25. The zero-order valence-electron chi connectivity index (χ0n) is 23.4. The zero-order chi connectivity index (χ0) is 30.1. The molecule has 4 rings (SSSR count). The first kappa shape index (κ1) is 31.0. The van der Waals surface area contributed by atoms with Gasteiger partial charge in [0, 0.05) is 18.2 Å². The molecule has 10 nitrogen and oxygen atoms in total. The third kappa shape index (κ3) is 8.31. The van der Waals surface area contributed by atoms with Crippen LogP contribution >= 0.6 is 11.6 Å². The second-order valence-corrected chi connectivity index (χ2v) is 12.1. The number of aryl methyl sites for hydroxylation is 1. The second-order valence-electron chi connectivity index (χ2n) is 9.80. The van der Waals surface area contributed by atoms with Crippen LogP contribution in [0.3, 0.4) is 0 Å². The van der Waals surface area contributed by atoms with Crippen LogP contribution in [0.5, 0.6) is 5.75 Å². The van der Waals surface area contributed by atoms with Crippen LogP contribution in [0.4, 0.5) is 5.69 Å². The van der Waals surface area contributed by atoms with Crippen LogP contribution in [0.25, 0.3) is 0 Å². The van der Waals surface area contributed by atoms with Gasteiger partial charge in [0.05, 0.1) is 22.9 Å². The third-order valence-electron chi connectivity index (χ3n) is 6.61. The maximum absolute atomic E-state index is 13.6. The Morgan fingerprint density at radius 2 is 1.81 bits per heavy atom. The summed E-state index contributed by atoms with van der Waals surface area (Å²) in [5.74, 6) is -0.377. The van der Waals surface area contributed by atoms with Crippen LogP contribution in [0.1, 0.15) is 29.5 Å². The van der Waals surface area contributed by atoms with E-state index in [4.69, 9.17) is 21.1 Å². The predicted molar refractivity (Wildman–Crippen MR) is 162 cm³/mol. The largest absolute Gasteiger partial charge is 0.484 e. The molecule has 42 heavy (non-hydrogen) atoms. The lowest BCUT2D eigenvalue weighted by atomic mass is 10.2. The highest BCUT2D eigenvalue weighted by molar-refractivity contribution is 7.92. The minimum absolute atomic E-state index is 0.0476. The number of nitrogens with zero attached hydrogens (tertiary/aromatic N) is 2. The van der Waals surface area contributed by atoms with Crippen molar-refractivity contribution < 1.29 is 27.5 Å². The average molecular weight is 613 g/mol. The maximum Gasteiger partial charge on any atom is 0.264 e. The van der Waals surface area contributed by atoms with Gasteiger partial charge in [0.2, 0.25) is 0 Å². The first-order valence-electron chi connectivity index (χ1n) is 13.4. The fourth-order valence-corrected chi connectivity index (χ4v) is 5.88. The lowest BCUT2D eigenvalue weighted by Crippen LogP contribution is -2.40. The van der Waals surface area contributed by atoms with Crippen molar-refractivity contribution in [1.82, 2.24) is 10.7 Å². The number of hydrazone groups is 1. The molecule has 3 aromatic carbocycles. The summed E-state index contributed by atoms with van der Waals surface area (Å²) in [6, 6.07) is 18.0. The van der Waals surface area contributed by atoms with Crippen LogP contribution in [0, 0.1) is 13.8 Å². The van der Waals surface area contributed by atoms with Crippen molar-refractivity contribution in [2.45, 2.75) is 37.7 Å². The van der Waals surface area contributed by atoms with Crippen LogP contribution in [0.2, 0.25) is 5.02 Å². The standard InChI is InChI=1S/C30H33ClN4O6S/c1-21-8-14-26(15-9-21)42(38,39)35(28-7-3-6-27(31)22(28)2)19-29(36)34-33-17-23-10-12-24(13-11-23)41-20-30(37)32-18-25-5-4-16-40-25/h3,6-15,17,25H,4-5,16,18-20H2,1-2H3,(H,32,37)(H,34,36)/b33-17-/t25-/m1/s1. The number of benzene rings is 3. The highest BCUT2D eigenvalue weighted by Gasteiger charge is 2.28. The summed E-state index contributed by atoms with van der Waals surface area (Å²) < 4.78 is 39.2. The van der Waals surface area contributed by atoms with Gasteiger partial charge in [-0.1, -0.05) is 35.4 Å². The van der Waals surface area contributed by atoms with E-state index in [-0.39, 0.29) is 23.5 Å². The fourth-order valence-electron chi connectivity index (χ4n) is 4.23. The molecular weight excluding hydrogens is 580 g/mol. The Morgan fingerprint density at radius 1 is 1.07 bits per heavy atom. The lowest BCUT2D eigenvalue weighted by molar-refractivity contribution is -0.123. The molecule has 1 aliphatic rings. The minimum atomic E-state index is -4.09. The van der Waals surface area contributed by atoms with E-state index < -0.39 is 22.5 Å².